The number of nitrogens with two attached hydrogens (primary N) is 1. The van der Waals surface area contributed by atoms with Crippen molar-refractivity contribution in [3.63, 3.8) is 0 Å². The van der Waals surface area contributed by atoms with Gasteiger partial charge in [-0.15, -0.1) is 12.4 Å². The van der Waals surface area contributed by atoms with Crippen LogP contribution >= 0.6 is 12.4 Å². The van der Waals surface area contributed by atoms with Crippen molar-refractivity contribution in [1.82, 2.24) is 4.90 Å². The minimum Gasteiger partial charge on any atom is -0.339 e. The van der Waals surface area contributed by atoms with Crippen LogP contribution in [0.5, 0.6) is 0 Å². The quantitative estimate of drug-likeness (QED) is 0.917. The average Bonchev–Trinajstić information content (AvgIpc) is 2.27. The zero-order valence-corrected chi connectivity index (χ0v) is 11.7. The normalized spacial score (nSPS) is 13.4. The molecule has 0 bridgehead atoms. The lowest BCUT2D eigenvalue weighted by molar-refractivity contribution is -0.132. The van der Waals surface area contributed by atoms with E-state index in [1.165, 1.54) is 11.0 Å². The number of carbonyl (C=O) groups excluding carboxylic acids is 1. The van der Waals surface area contributed by atoms with Gasteiger partial charge in [-0.2, -0.15) is 0 Å². The Morgan fingerprint density at radius 1 is 1.39 bits per heavy atom. The van der Waals surface area contributed by atoms with Crippen LogP contribution in [0.25, 0.3) is 0 Å². The molecule has 1 aromatic carbocycles. The number of amides is 1. The van der Waals surface area contributed by atoms with Crippen LogP contribution in [0.2, 0.25) is 0 Å². The van der Waals surface area contributed by atoms with Crippen LogP contribution in [-0.2, 0) is 4.79 Å². The SMILES string of the molecule is CC(N)CC(=O)N(C)C(C)c1ccccc1F.Cl. The first-order chi connectivity index (χ1) is 7.93. The third-order valence-electron chi connectivity index (χ3n) is 2.83. The molecule has 0 saturated carbocycles. The van der Waals surface area contributed by atoms with Crippen molar-refractivity contribution in [3.8, 4) is 0 Å². The summed E-state index contributed by atoms with van der Waals surface area (Å²) in [7, 11) is 1.67. The van der Waals surface area contributed by atoms with E-state index in [4.69, 9.17) is 5.73 Å². The Morgan fingerprint density at radius 3 is 2.44 bits per heavy atom. The third kappa shape index (κ3) is 4.27. The highest BCUT2D eigenvalue weighted by Gasteiger charge is 2.20. The summed E-state index contributed by atoms with van der Waals surface area (Å²) in [6, 6.07) is 6.01. The van der Waals surface area contributed by atoms with Gasteiger partial charge in [-0.05, 0) is 19.9 Å². The highest BCUT2D eigenvalue weighted by molar-refractivity contribution is 5.85. The van der Waals surface area contributed by atoms with E-state index >= 15 is 0 Å². The molecule has 2 N–H and O–H groups in total. The van der Waals surface area contributed by atoms with Gasteiger partial charge in [0, 0.05) is 25.1 Å². The lowest BCUT2D eigenvalue weighted by atomic mass is 10.1. The van der Waals surface area contributed by atoms with Gasteiger partial charge < -0.3 is 10.6 Å². The summed E-state index contributed by atoms with van der Waals surface area (Å²) >= 11 is 0. The lowest BCUT2D eigenvalue weighted by Crippen LogP contribution is -2.34. The molecule has 1 rings (SSSR count). The van der Waals surface area contributed by atoms with Gasteiger partial charge in [0.05, 0.1) is 6.04 Å². The van der Waals surface area contributed by atoms with E-state index in [0.717, 1.165) is 0 Å². The maximum absolute atomic E-state index is 13.6. The molecule has 0 fully saturated rings. The molecular weight excluding hydrogens is 255 g/mol. The topological polar surface area (TPSA) is 46.3 Å². The Labute approximate surface area is 114 Å². The molecule has 0 saturated heterocycles. The molecule has 0 aliphatic carbocycles. The Morgan fingerprint density at radius 2 is 1.94 bits per heavy atom. The second kappa shape index (κ2) is 7.34. The van der Waals surface area contributed by atoms with E-state index in [1.807, 2.05) is 0 Å². The molecule has 0 heterocycles. The predicted molar refractivity (Wildman–Crippen MR) is 73.1 cm³/mol. The van der Waals surface area contributed by atoms with Crippen molar-refractivity contribution in [2.75, 3.05) is 7.05 Å². The summed E-state index contributed by atoms with van der Waals surface area (Å²) in [5, 5.41) is 0. The average molecular weight is 275 g/mol. The molecule has 0 spiro atoms. The molecule has 0 aromatic heterocycles. The molecule has 18 heavy (non-hydrogen) atoms. The summed E-state index contributed by atoms with van der Waals surface area (Å²) in [5.74, 6) is -0.365. The van der Waals surface area contributed by atoms with Crippen LogP contribution in [0.1, 0.15) is 31.9 Å². The van der Waals surface area contributed by atoms with E-state index in [-0.39, 0.29) is 42.6 Å². The van der Waals surface area contributed by atoms with E-state index in [2.05, 4.69) is 0 Å². The van der Waals surface area contributed by atoms with Crippen LogP contribution in [0, 0.1) is 5.82 Å². The van der Waals surface area contributed by atoms with E-state index in [1.54, 1.807) is 39.1 Å². The van der Waals surface area contributed by atoms with Crippen molar-refractivity contribution >= 4 is 18.3 Å². The van der Waals surface area contributed by atoms with Crippen LogP contribution in [-0.4, -0.2) is 23.9 Å². The molecular formula is C13H20ClFN2O. The van der Waals surface area contributed by atoms with E-state index in [0.29, 0.717) is 5.56 Å². The van der Waals surface area contributed by atoms with Gasteiger partial charge in [-0.25, -0.2) is 4.39 Å². The van der Waals surface area contributed by atoms with Crippen molar-refractivity contribution in [3.05, 3.63) is 35.6 Å². The first kappa shape index (κ1) is 16.9. The minimum atomic E-state index is -0.291. The molecule has 3 nitrogen and oxygen atoms in total. The Hall–Kier alpha value is -1.13. The van der Waals surface area contributed by atoms with Crippen molar-refractivity contribution in [2.45, 2.75) is 32.4 Å². The number of carbonyl (C=O) groups is 1. The minimum absolute atomic E-state index is 0. The molecule has 0 radical (unpaired) electrons. The number of nitrogens with zero attached hydrogens (tertiary/aromatic N) is 1. The first-order valence-electron chi connectivity index (χ1n) is 5.69. The van der Waals surface area contributed by atoms with Crippen LogP contribution in [0.15, 0.2) is 24.3 Å². The number of hydrogen-bond donors (Lipinski definition) is 1. The Kier molecular flexibility index (Phi) is 6.88. The molecule has 5 heteroatoms. The molecule has 2 atom stereocenters. The summed E-state index contributed by atoms with van der Waals surface area (Å²) in [5.41, 5.74) is 6.10. The summed E-state index contributed by atoms with van der Waals surface area (Å²) in [4.78, 5) is 13.3. The van der Waals surface area contributed by atoms with Crippen molar-refractivity contribution in [1.29, 1.82) is 0 Å². The van der Waals surface area contributed by atoms with Gasteiger partial charge >= 0.3 is 0 Å². The molecule has 0 aliphatic heterocycles. The van der Waals surface area contributed by atoms with Gasteiger partial charge in [-0.1, -0.05) is 18.2 Å². The van der Waals surface area contributed by atoms with Crippen LogP contribution in [0.4, 0.5) is 4.39 Å². The fourth-order valence-corrected chi connectivity index (χ4v) is 1.66. The molecule has 1 aromatic rings. The number of halogens is 2. The molecule has 0 aliphatic rings. The predicted octanol–water partition coefficient (Wildman–Crippen LogP) is 2.50. The van der Waals surface area contributed by atoms with Gasteiger partial charge in [0.1, 0.15) is 5.82 Å². The second-order valence-electron chi connectivity index (χ2n) is 4.38. The Bertz CT molecular complexity index is 398. The second-order valence-corrected chi connectivity index (χ2v) is 4.38. The monoisotopic (exact) mass is 274 g/mol. The first-order valence-corrected chi connectivity index (χ1v) is 5.69. The van der Waals surface area contributed by atoms with Crippen LogP contribution < -0.4 is 5.73 Å². The van der Waals surface area contributed by atoms with Crippen LogP contribution in [0.3, 0.4) is 0 Å². The number of hydrogen-bond acceptors (Lipinski definition) is 2. The van der Waals surface area contributed by atoms with Gasteiger partial charge in [0.2, 0.25) is 5.91 Å². The fourth-order valence-electron chi connectivity index (χ4n) is 1.66. The summed E-state index contributed by atoms with van der Waals surface area (Å²) in [6.45, 7) is 3.58. The maximum Gasteiger partial charge on any atom is 0.224 e. The molecule has 1 amide bonds. The number of benzene rings is 1. The lowest BCUT2D eigenvalue weighted by Gasteiger charge is -2.26. The highest BCUT2D eigenvalue weighted by Crippen LogP contribution is 2.22. The summed E-state index contributed by atoms with van der Waals surface area (Å²) in [6.07, 6.45) is 0.273. The van der Waals surface area contributed by atoms with Crippen molar-refractivity contribution in [2.24, 2.45) is 5.73 Å². The van der Waals surface area contributed by atoms with Gasteiger partial charge in [0.25, 0.3) is 0 Å². The number of rotatable bonds is 4. The summed E-state index contributed by atoms with van der Waals surface area (Å²) < 4.78 is 13.6. The molecule has 102 valence electrons. The fraction of sp³-hybridized carbons (Fsp3) is 0.462. The van der Waals surface area contributed by atoms with Gasteiger partial charge in [0.15, 0.2) is 0 Å². The third-order valence-corrected chi connectivity index (χ3v) is 2.83. The van der Waals surface area contributed by atoms with Crippen molar-refractivity contribution < 1.29 is 9.18 Å². The molecule has 2 unspecified atom stereocenters. The van der Waals surface area contributed by atoms with E-state index in [9.17, 15) is 9.18 Å². The highest BCUT2D eigenvalue weighted by atomic mass is 35.5. The largest absolute Gasteiger partial charge is 0.339 e. The standard InChI is InChI=1S/C13H19FN2O.ClH/c1-9(15)8-13(17)16(3)10(2)11-6-4-5-7-12(11)14;/h4-7,9-10H,8,15H2,1-3H3;1H. The smallest absolute Gasteiger partial charge is 0.224 e. The van der Waals surface area contributed by atoms with Gasteiger partial charge in [-0.3, -0.25) is 4.79 Å². The maximum atomic E-state index is 13.6. The zero-order valence-electron chi connectivity index (χ0n) is 10.9. The van der Waals surface area contributed by atoms with E-state index < -0.39 is 0 Å². The zero-order chi connectivity index (χ0) is 13.0. The Balaban J connectivity index is 0.00000289.